The largest absolute Gasteiger partial charge is 0.293 e. The normalized spacial score (nSPS) is 9.65. The van der Waals surface area contributed by atoms with Gasteiger partial charge in [0, 0.05) is 18.9 Å². The maximum Gasteiger partial charge on any atom is 0.183 e. The molecule has 6 heteroatoms. The highest BCUT2D eigenvalue weighted by molar-refractivity contribution is 6.65. The molecular weight excluding hydrogens is 247 g/mol. The summed E-state index contributed by atoms with van der Waals surface area (Å²) in [6.07, 6.45) is 0. The maximum absolute atomic E-state index is 13.3. The van der Waals surface area contributed by atoms with Crippen molar-refractivity contribution in [3.63, 3.8) is 0 Å². The van der Waals surface area contributed by atoms with Crippen molar-refractivity contribution in [1.29, 1.82) is 0 Å². The summed E-state index contributed by atoms with van der Waals surface area (Å²) in [5.74, 6) is -1.59. The molecule has 0 aliphatic rings. The number of hydrogen-bond donors (Lipinski definition) is 1. The number of hydrazone groups is 1. The Bertz CT molecular complexity index is 484. The van der Waals surface area contributed by atoms with Gasteiger partial charge in [-0.05, 0) is 18.2 Å². The molecule has 0 heterocycles. The van der Waals surface area contributed by atoms with Crippen molar-refractivity contribution in [3.05, 3.63) is 29.0 Å². The molecule has 0 aliphatic carbocycles. The topological polar surface area (TPSA) is 58.5 Å². The average molecular weight is 257 g/mol. The standard InChI is InChI=1S/C11H10ClFN2O2/c1-6(16)11(7(2)17)15-14-10-4-3-8(12)5-9(10)13/h3-5,14H,1-2H3. The Morgan fingerprint density at radius 3 is 2.35 bits per heavy atom. The van der Waals surface area contributed by atoms with E-state index < -0.39 is 17.4 Å². The van der Waals surface area contributed by atoms with E-state index in [2.05, 4.69) is 10.5 Å². The van der Waals surface area contributed by atoms with Gasteiger partial charge in [-0.15, -0.1) is 0 Å². The van der Waals surface area contributed by atoms with Crippen LogP contribution < -0.4 is 5.43 Å². The van der Waals surface area contributed by atoms with Gasteiger partial charge in [-0.25, -0.2) is 4.39 Å². The summed E-state index contributed by atoms with van der Waals surface area (Å²) < 4.78 is 13.3. The number of carbonyl (C=O) groups excluding carboxylic acids is 2. The van der Waals surface area contributed by atoms with Gasteiger partial charge in [0.1, 0.15) is 5.82 Å². The predicted molar refractivity (Wildman–Crippen MR) is 63.8 cm³/mol. The molecule has 4 nitrogen and oxygen atoms in total. The molecule has 17 heavy (non-hydrogen) atoms. The van der Waals surface area contributed by atoms with E-state index in [4.69, 9.17) is 11.6 Å². The Labute approximate surface area is 102 Å². The van der Waals surface area contributed by atoms with Gasteiger partial charge in [-0.1, -0.05) is 11.6 Å². The van der Waals surface area contributed by atoms with Gasteiger partial charge in [0.15, 0.2) is 17.3 Å². The van der Waals surface area contributed by atoms with Gasteiger partial charge in [-0.2, -0.15) is 5.10 Å². The van der Waals surface area contributed by atoms with Crippen LogP contribution in [0.2, 0.25) is 5.02 Å². The second-order valence-electron chi connectivity index (χ2n) is 3.31. The van der Waals surface area contributed by atoms with Gasteiger partial charge in [0.25, 0.3) is 0 Å². The number of benzene rings is 1. The number of halogens is 2. The van der Waals surface area contributed by atoms with Crippen molar-refractivity contribution in [3.8, 4) is 0 Å². The molecule has 0 bridgehead atoms. The van der Waals surface area contributed by atoms with Crippen molar-refractivity contribution in [1.82, 2.24) is 0 Å². The molecule has 0 aliphatic heterocycles. The monoisotopic (exact) mass is 256 g/mol. The average Bonchev–Trinajstić information content (AvgIpc) is 2.20. The van der Waals surface area contributed by atoms with Crippen LogP contribution in [0.3, 0.4) is 0 Å². The van der Waals surface area contributed by atoms with Crippen molar-refractivity contribution in [2.24, 2.45) is 5.10 Å². The van der Waals surface area contributed by atoms with E-state index in [0.29, 0.717) is 0 Å². The van der Waals surface area contributed by atoms with E-state index in [0.717, 1.165) is 6.07 Å². The van der Waals surface area contributed by atoms with Gasteiger partial charge >= 0.3 is 0 Å². The third kappa shape index (κ3) is 3.64. The molecule has 1 aromatic rings. The van der Waals surface area contributed by atoms with Crippen LogP contribution in [0.25, 0.3) is 0 Å². The zero-order chi connectivity index (χ0) is 13.0. The molecule has 0 unspecified atom stereocenters. The summed E-state index contributed by atoms with van der Waals surface area (Å²) in [5, 5.41) is 3.81. The first-order valence-corrected chi connectivity index (χ1v) is 5.10. The summed E-state index contributed by atoms with van der Waals surface area (Å²) in [6.45, 7) is 2.42. The summed E-state index contributed by atoms with van der Waals surface area (Å²) >= 11 is 5.57. The molecule has 0 saturated heterocycles. The lowest BCUT2D eigenvalue weighted by atomic mass is 10.2. The molecule has 0 spiro atoms. The first-order chi connectivity index (χ1) is 7.91. The van der Waals surface area contributed by atoms with Crippen LogP contribution in [0.4, 0.5) is 10.1 Å². The van der Waals surface area contributed by atoms with E-state index in [-0.39, 0.29) is 16.4 Å². The van der Waals surface area contributed by atoms with Crippen molar-refractivity contribution < 1.29 is 14.0 Å². The van der Waals surface area contributed by atoms with E-state index in [1.54, 1.807) is 0 Å². The number of carbonyl (C=O) groups is 2. The lowest BCUT2D eigenvalue weighted by Crippen LogP contribution is -2.20. The van der Waals surface area contributed by atoms with E-state index in [1.807, 2.05) is 0 Å². The zero-order valence-electron chi connectivity index (χ0n) is 9.25. The molecule has 0 atom stereocenters. The van der Waals surface area contributed by atoms with Crippen LogP contribution in [0.5, 0.6) is 0 Å². The highest BCUT2D eigenvalue weighted by atomic mass is 35.5. The van der Waals surface area contributed by atoms with Gasteiger partial charge < -0.3 is 0 Å². The Kier molecular flexibility index (Phi) is 4.34. The lowest BCUT2D eigenvalue weighted by molar-refractivity contribution is -0.114. The molecule has 1 rings (SSSR count). The third-order valence-corrected chi connectivity index (χ3v) is 2.12. The fourth-order valence-electron chi connectivity index (χ4n) is 1.10. The Balaban J connectivity index is 2.95. The number of rotatable bonds is 4. The van der Waals surface area contributed by atoms with Crippen molar-refractivity contribution in [2.75, 3.05) is 5.43 Å². The number of hydrogen-bond acceptors (Lipinski definition) is 4. The number of anilines is 1. The van der Waals surface area contributed by atoms with Crippen molar-refractivity contribution in [2.45, 2.75) is 13.8 Å². The predicted octanol–water partition coefficient (Wildman–Crippen LogP) is 2.43. The van der Waals surface area contributed by atoms with Crippen LogP contribution in [0.1, 0.15) is 13.8 Å². The first-order valence-electron chi connectivity index (χ1n) is 4.72. The second-order valence-corrected chi connectivity index (χ2v) is 3.75. The molecule has 0 fully saturated rings. The molecule has 1 aromatic carbocycles. The maximum atomic E-state index is 13.3. The minimum absolute atomic E-state index is 0.0365. The molecule has 1 N–H and O–H groups in total. The summed E-state index contributed by atoms with van der Waals surface area (Å²) in [5.41, 5.74) is 2.09. The number of nitrogens with zero attached hydrogens (tertiary/aromatic N) is 1. The van der Waals surface area contributed by atoms with Gasteiger partial charge in [-0.3, -0.25) is 15.0 Å². The second kappa shape index (κ2) is 5.54. The first kappa shape index (κ1) is 13.3. The van der Waals surface area contributed by atoms with Crippen LogP contribution in [-0.2, 0) is 9.59 Å². The summed E-state index contributed by atoms with van der Waals surface area (Å²) in [6, 6.07) is 3.92. The SMILES string of the molecule is CC(=O)C(=NNc1ccc(Cl)cc1F)C(C)=O. The third-order valence-electron chi connectivity index (χ3n) is 1.89. The Hall–Kier alpha value is -1.75. The molecule has 0 radical (unpaired) electrons. The molecule has 0 aromatic heterocycles. The zero-order valence-corrected chi connectivity index (χ0v) is 10.0. The fourth-order valence-corrected chi connectivity index (χ4v) is 1.26. The van der Waals surface area contributed by atoms with Crippen LogP contribution >= 0.6 is 11.6 Å². The summed E-state index contributed by atoms with van der Waals surface area (Å²) in [7, 11) is 0. The minimum atomic E-state index is -0.618. The number of Topliss-reactive ketones (excluding diaryl/α,β-unsaturated/α-hetero) is 2. The van der Waals surface area contributed by atoms with E-state index >= 15 is 0 Å². The van der Waals surface area contributed by atoms with E-state index in [1.165, 1.54) is 26.0 Å². The molecule has 0 amide bonds. The van der Waals surface area contributed by atoms with Crippen LogP contribution in [0, 0.1) is 5.82 Å². The highest BCUT2D eigenvalue weighted by Gasteiger charge is 2.12. The Morgan fingerprint density at radius 2 is 1.88 bits per heavy atom. The lowest BCUT2D eigenvalue weighted by Gasteiger charge is -2.03. The van der Waals surface area contributed by atoms with E-state index in [9.17, 15) is 14.0 Å². The molecular formula is C11H10ClFN2O2. The Morgan fingerprint density at radius 1 is 1.29 bits per heavy atom. The molecule has 90 valence electrons. The smallest absolute Gasteiger partial charge is 0.183 e. The van der Waals surface area contributed by atoms with Crippen LogP contribution in [-0.4, -0.2) is 17.3 Å². The number of ketones is 2. The van der Waals surface area contributed by atoms with Crippen LogP contribution in [0.15, 0.2) is 23.3 Å². The van der Waals surface area contributed by atoms with Crippen molar-refractivity contribution >= 4 is 34.6 Å². The highest BCUT2D eigenvalue weighted by Crippen LogP contribution is 2.18. The quantitative estimate of drug-likeness (QED) is 0.511. The molecule has 0 saturated carbocycles. The van der Waals surface area contributed by atoms with Gasteiger partial charge in [0.05, 0.1) is 5.69 Å². The minimum Gasteiger partial charge on any atom is -0.293 e. The summed E-state index contributed by atoms with van der Waals surface area (Å²) in [4.78, 5) is 22.1. The van der Waals surface area contributed by atoms with Gasteiger partial charge in [0.2, 0.25) is 0 Å². The number of nitrogens with one attached hydrogen (secondary N) is 1. The fraction of sp³-hybridized carbons (Fsp3) is 0.182.